The number of sulfonamides is 1. The number of aromatic hydroxyl groups is 1. The van der Waals surface area contributed by atoms with Crippen LogP contribution >= 0.6 is 11.6 Å². The Morgan fingerprint density at radius 1 is 0.939 bits per heavy atom. The van der Waals surface area contributed by atoms with Crippen LogP contribution in [-0.2, 0) is 10.0 Å². The second-order valence-corrected chi connectivity index (χ2v) is 9.76. The van der Waals surface area contributed by atoms with Gasteiger partial charge in [0, 0.05) is 11.1 Å². The zero-order valence-corrected chi connectivity index (χ0v) is 19.2. The quantitative estimate of drug-likeness (QED) is 0.358. The van der Waals surface area contributed by atoms with Crippen molar-refractivity contribution in [2.45, 2.75) is 6.04 Å². The number of carbonyl (C=O) groups excluding carboxylic acids is 1. The van der Waals surface area contributed by atoms with E-state index in [2.05, 4.69) is 10.0 Å². The monoisotopic (exact) mass is 480 g/mol. The average Bonchev–Trinajstić information content (AvgIpc) is 2.79. The summed E-state index contributed by atoms with van der Waals surface area (Å²) in [5.41, 5.74) is 1.67. The summed E-state index contributed by atoms with van der Waals surface area (Å²) in [6, 6.07) is 24.0. The van der Waals surface area contributed by atoms with E-state index in [4.69, 9.17) is 11.6 Å². The van der Waals surface area contributed by atoms with Crippen molar-refractivity contribution in [3.8, 4) is 5.75 Å². The van der Waals surface area contributed by atoms with Gasteiger partial charge >= 0.3 is 0 Å². The molecule has 0 heterocycles. The average molecular weight is 481 g/mol. The first-order valence-electron chi connectivity index (χ1n) is 10.1. The lowest BCUT2D eigenvalue weighted by Crippen LogP contribution is -2.29. The van der Waals surface area contributed by atoms with Crippen LogP contribution in [0.2, 0.25) is 5.02 Å². The molecule has 0 saturated carbocycles. The molecule has 8 heteroatoms. The number of halogens is 1. The molecular formula is C25H21ClN2O4S. The van der Waals surface area contributed by atoms with Crippen LogP contribution in [0.4, 0.5) is 5.69 Å². The SMILES string of the molecule is CS(=O)(=O)Nc1cc(C(=O)NC(c2ccccc2)c2c(O)ccc3ccccc23)ccc1Cl. The molecule has 0 saturated heterocycles. The second kappa shape index (κ2) is 9.13. The van der Waals surface area contributed by atoms with E-state index in [1.165, 1.54) is 18.2 Å². The number of fused-ring (bicyclic) bond motifs is 1. The molecule has 6 nitrogen and oxygen atoms in total. The summed E-state index contributed by atoms with van der Waals surface area (Å²) in [5, 5.41) is 15.7. The van der Waals surface area contributed by atoms with Crippen LogP contribution < -0.4 is 10.0 Å². The third kappa shape index (κ3) is 5.10. The van der Waals surface area contributed by atoms with Crippen molar-refractivity contribution >= 4 is 44.0 Å². The predicted octanol–water partition coefficient (Wildman–Crippen LogP) is 5.09. The number of phenolic OH excluding ortho intramolecular Hbond substituents is 1. The summed E-state index contributed by atoms with van der Waals surface area (Å²) in [7, 11) is -3.58. The number of phenols is 1. The van der Waals surface area contributed by atoms with Crippen molar-refractivity contribution in [1.82, 2.24) is 5.32 Å². The first-order chi connectivity index (χ1) is 15.7. The van der Waals surface area contributed by atoms with Crippen molar-refractivity contribution in [2.75, 3.05) is 11.0 Å². The van der Waals surface area contributed by atoms with E-state index in [0.29, 0.717) is 5.56 Å². The van der Waals surface area contributed by atoms with E-state index in [9.17, 15) is 18.3 Å². The molecule has 0 spiro atoms. The lowest BCUT2D eigenvalue weighted by atomic mass is 9.92. The molecule has 0 aliphatic heterocycles. The molecule has 0 aromatic heterocycles. The van der Waals surface area contributed by atoms with Gasteiger partial charge in [-0.25, -0.2) is 8.42 Å². The topological polar surface area (TPSA) is 95.5 Å². The Labute approximate surface area is 196 Å². The number of benzene rings is 4. The molecule has 4 aromatic rings. The summed E-state index contributed by atoms with van der Waals surface area (Å²) in [4.78, 5) is 13.3. The highest BCUT2D eigenvalue weighted by Gasteiger charge is 2.23. The third-order valence-corrected chi connectivity index (χ3v) is 6.09. The Balaban J connectivity index is 1.78. The van der Waals surface area contributed by atoms with Crippen LogP contribution in [0.15, 0.2) is 84.9 Å². The van der Waals surface area contributed by atoms with Gasteiger partial charge in [0.2, 0.25) is 10.0 Å². The molecule has 3 N–H and O–H groups in total. The van der Waals surface area contributed by atoms with E-state index in [0.717, 1.165) is 22.6 Å². The van der Waals surface area contributed by atoms with Gasteiger partial charge in [0.05, 0.1) is 23.0 Å². The van der Waals surface area contributed by atoms with Crippen molar-refractivity contribution < 1.29 is 18.3 Å². The Kier molecular flexibility index (Phi) is 6.26. The van der Waals surface area contributed by atoms with Crippen LogP contribution in [0.5, 0.6) is 5.75 Å². The fourth-order valence-corrected chi connectivity index (χ4v) is 4.50. The third-order valence-electron chi connectivity index (χ3n) is 5.17. The van der Waals surface area contributed by atoms with Crippen molar-refractivity contribution in [3.63, 3.8) is 0 Å². The highest BCUT2D eigenvalue weighted by atomic mass is 35.5. The van der Waals surface area contributed by atoms with Crippen LogP contribution in [0.1, 0.15) is 27.5 Å². The second-order valence-electron chi connectivity index (χ2n) is 7.61. The van der Waals surface area contributed by atoms with E-state index >= 15 is 0 Å². The molecule has 33 heavy (non-hydrogen) atoms. The molecule has 0 radical (unpaired) electrons. The molecule has 4 aromatic carbocycles. The smallest absolute Gasteiger partial charge is 0.252 e. The number of nitrogens with one attached hydrogen (secondary N) is 2. The first-order valence-corrected chi connectivity index (χ1v) is 12.3. The van der Waals surface area contributed by atoms with E-state index in [1.54, 1.807) is 6.07 Å². The van der Waals surface area contributed by atoms with Crippen molar-refractivity contribution in [2.24, 2.45) is 0 Å². The Morgan fingerprint density at radius 2 is 1.64 bits per heavy atom. The number of anilines is 1. The molecule has 1 amide bonds. The summed E-state index contributed by atoms with van der Waals surface area (Å²) < 4.78 is 25.6. The van der Waals surface area contributed by atoms with Crippen LogP contribution in [-0.4, -0.2) is 25.7 Å². The maximum absolute atomic E-state index is 13.3. The molecule has 4 rings (SSSR count). The van der Waals surface area contributed by atoms with Gasteiger partial charge in [-0.1, -0.05) is 72.3 Å². The Bertz CT molecular complexity index is 1440. The molecule has 0 aliphatic carbocycles. The largest absolute Gasteiger partial charge is 0.508 e. The Hall–Kier alpha value is -3.55. The molecule has 1 unspecified atom stereocenters. The van der Waals surface area contributed by atoms with Crippen LogP contribution in [0.3, 0.4) is 0 Å². The molecule has 1 atom stereocenters. The molecule has 0 aliphatic rings. The van der Waals surface area contributed by atoms with E-state index < -0.39 is 22.0 Å². The number of carbonyl (C=O) groups is 1. The summed E-state index contributed by atoms with van der Waals surface area (Å²) in [5.74, 6) is -0.400. The maximum Gasteiger partial charge on any atom is 0.252 e. The van der Waals surface area contributed by atoms with Crippen molar-refractivity contribution in [3.05, 3.63) is 107 Å². The molecular weight excluding hydrogens is 460 g/mol. The van der Waals surface area contributed by atoms with Gasteiger partial charge in [0.25, 0.3) is 5.91 Å². The minimum absolute atomic E-state index is 0.0541. The van der Waals surface area contributed by atoms with Gasteiger partial charge in [-0.15, -0.1) is 0 Å². The zero-order chi connectivity index (χ0) is 23.6. The minimum atomic E-state index is -3.58. The lowest BCUT2D eigenvalue weighted by molar-refractivity contribution is 0.0943. The van der Waals surface area contributed by atoms with Gasteiger partial charge in [-0.3, -0.25) is 9.52 Å². The van der Waals surface area contributed by atoms with Gasteiger partial charge in [-0.2, -0.15) is 0 Å². The summed E-state index contributed by atoms with van der Waals surface area (Å²) >= 11 is 6.10. The lowest BCUT2D eigenvalue weighted by Gasteiger charge is -2.23. The van der Waals surface area contributed by atoms with Crippen molar-refractivity contribution in [1.29, 1.82) is 0 Å². The predicted molar refractivity (Wildman–Crippen MR) is 131 cm³/mol. The van der Waals surface area contributed by atoms with Gasteiger partial charge in [-0.05, 0) is 40.6 Å². The van der Waals surface area contributed by atoms with Crippen LogP contribution in [0, 0.1) is 0 Å². The summed E-state index contributed by atoms with van der Waals surface area (Å²) in [6.45, 7) is 0. The molecule has 0 bridgehead atoms. The minimum Gasteiger partial charge on any atom is -0.508 e. The Morgan fingerprint density at radius 3 is 2.36 bits per heavy atom. The standard InChI is InChI=1S/C25H21ClN2O4S/c1-33(31,32)28-21-15-18(11-13-20(21)26)25(30)27-24(17-8-3-2-4-9-17)23-19-10-6-5-7-16(19)12-14-22(23)29/h2-15,24,28-29H,1H3,(H,27,30). The van der Waals surface area contributed by atoms with Crippen LogP contribution in [0.25, 0.3) is 10.8 Å². The normalized spacial score (nSPS) is 12.3. The number of rotatable bonds is 6. The molecule has 168 valence electrons. The highest BCUT2D eigenvalue weighted by Crippen LogP contribution is 2.36. The maximum atomic E-state index is 13.3. The fourth-order valence-electron chi connectivity index (χ4n) is 3.71. The molecule has 0 fully saturated rings. The van der Waals surface area contributed by atoms with Gasteiger partial charge in [0.15, 0.2) is 0 Å². The fraction of sp³-hybridized carbons (Fsp3) is 0.0800. The number of hydrogen-bond donors (Lipinski definition) is 3. The number of hydrogen-bond acceptors (Lipinski definition) is 4. The van der Waals surface area contributed by atoms with E-state index in [1.807, 2.05) is 60.7 Å². The van der Waals surface area contributed by atoms with Gasteiger partial charge in [0.1, 0.15) is 5.75 Å². The van der Waals surface area contributed by atoms with E-state index in [-0.39, 0.29) is 22.0 Å². The zero-order valence-electron chi connectivity index (χ0n) is 17.6. The highest BCUT2D eigenvalue weighted by molar-refractivity contribution is 7.92. The number of amides is 1. The summed E-state index contributed by atoms with van der Waals surface area (Å²) in [6.07, 6.45) is 1.00. The van der Waals surface area contributed by atoms with Gasteiger partial charge < -0.3 is 10.4 Å². The first kappa shape index (κ1) is 22.6.